The van der Waals surface area contributed by atoms with E-state index in [0.717, 1.165) is 12.8 Å². The fourth-order valence-corrected chi connectivity index (χ4v) is 2.53. The second-order valence-corrected chi connectivity index (χ2v) is 5.52. The number of benzene rings is 1. The monoisotopic (exact) mass is 302 g/mol. The van der Waals surface area contributed by atoms with E-state index in [2.05, 4.69) is 11.4 Å². The van der Waals surface area contributed by atoms with Gasteiger partial charge >= 0.3 is 0 Å². The highest BCUT2D eigenvalue weighted by Gasteiger charge is 2.48. The molecule has 2 rings (SSSR count). The zero-order valence-electron chi connectivity index (χ0n) is 13.3. The number of nitriles is 1. The molecular formula is C17H22N2O3. The Morgan fingerprint density at radius 3 is 2.68 bits per heavy atom. The van der Waals surface area contributed by atoms with Crippen molar-refractivity contribution < 1.29 is 14.3 Å². The lowest BCUT2D eigenvalue weighted by Crippen LogP contribution is -2.45. The molecule has 1 saturated carbocycles. The van der Waals surface area contributed by atoms with Crippen LogP contribution < -0.4 is 10.1 Å². The van der Waals surface area contributed by atoms with Gasteiger partial charge in [0.1, 0.15) is 17.4 Å². The summed E-state index contributed by atoms with van der Waals surface area (Å²) in [6.07, 6.45) is 2.00. The highest BCUT2D eigenvalue weighted by atomic mass is 16.5. The summed E-state index contributed by atoms with van der Waals surface area (Å²) in [7, 11) is 0. The summed E-state index contributed by atoms with van der Waals surface area (Å²) in [4.78, 5) is 12.6. The normalized spacial score (nSPS) is 16.5. The maximum atomic E-state index is 12.6. The minimum absolute atomic E-state index is 0.197. The molecule has 0 aliphatic heterocycles. The first-order valence-corrected chi connectivity index (χ1v) is 7.67. The highest BCUT2D eigenvalue weighted by Crippen LogP contribution is 2.42. The number of carbonyl (C=O) groups excluding carboxylic acids is 1. The summed E-state index contributed by atoms with van der Waals surface area (Å²) < 4.78 is 11.1. The number of nitrogens with one attached hydrogen (secondary N) is 1. The van der Waals surface area contributed by atoms with Gasteiger partial charge < -0.3 is 14.8 Å². The van der Waals surface area contributed by atoms with E-state index in [1.54, 1.807) is 18.2 Å². The van der Waals surface area contributed by atoms with Crippen LogP contribution in [0, 0.1) is 17.2 Å². The number of anilines is 1. The minimum atomic E-state index is -0.833. The lowest BCUT2D eigenvalue weighted by molar-refractivity contribution is -0.141. The number of carbonyl (C=O) groups is 1. The van der Waals surface area contributed by atoms with Crippen LogP contribution in [0.4, 0.5) is 5.69 Å². The average Bonchev–Trinajstić information content (AvgIpc) is 3.34. The van der Waals surface area contributed by atoms with Gasteiger partial charge in [0, 0.05) is 6.61 Å². The second kappa shape index (κ2) is 6.80. The maximum Gasteiger partial charge on any atom is 0.256 e. The van der Waals surface area contributed by atoms with E-state index in [4.69, 9.17) is 9.47 Å². The molecule has 0 spiro atoms. The van der Waals surface area contributed by atoms with E-state index in [-0.39, 0.29) is 11.8 Å². The molecule has 1 aromatic carbocycles. The molecule has 5 nitrogen and oxygen atoms in total. The Balaban J connectivity index is 2.19. The quantitative estimate of drug-likeness (QED) is 0.840. The summed E-state index contributed by atoms with van der Waals surface area (Å²) in [6.45, 7) is 6.59. The van der Waals surface area contributed by atoms with E-state index in [0.29, 0.717) is 30.2 Å². The lowest BCUT2D eigenvalue weighted by Gasteiger charge is -2.28. The first kappa shape index (κ1) is 16.3. The Morgan fingerprint density at radius 2 is 2.14 bits per heavy atom. The highest BCUT2D eigenvalue weighted by molar-refractivity contribution is 5.98. The molecule has 1 aliphatic carbocycles. The van der Waals surface area contributed by atoms with Crippen molar-refractivity contribution >= 4 is 11.6 Å². The van der Waals surface area contributed by atoms with Gasteiger partial charge in [0.25, 0.3) is 5.91 Å². The van der Waals surface area contributed by atoms with Crippen LogP contribution in [0.5, 0.6) is 5.75 Å². The largest absolute Gasteiger partial charge is 0.494 e. The molecule has 1 fully saturated rings. The predicted octanol–water partition coefficient (Wildman–Crippen LogP) is 3.10. The van der Waals surface area contributed by atoms with Gasteiger partial charge in [-0.1, -0.05) is 0 Å². The van der Waals surface area contributed by atoms with Gasteiger partial charge in [0.2, 0.25) is 0 Å². The van der Waals surface area contributed by atoms with Gasteiger partial charge in [0.15, 0.2) is 0 Å². The molecule has 0 heterocycles. The molecular weight excluding hydrogens is 280 g/mol. The first-order chi connectivity index (χ1) is 10.5. The molecule has 5 heteroatoms. The van der Waals surface area contributed by atoms with Gasteiger partial charge in [-0.25, -0.2) is 0 Å². The lowest BCUT2D eigenvalue weighted by atomic mass is 9.98. The Labute approximate surface area is 131 Å². The second-order valence-electron chi connectivity index (χ2n) is 5.52. The van der Waals surface area contributed by atoms with E-state index in [1.165, 1.54) is 0 Å². The van der Waals surface area contributed by atoms with Crippen LogP contribution in [0.25, 0.3) is 0 Å². The molecule has 0 saturated heterocycles. The van der Waals surface area contributed by atoms with Gasteiger partial charge in [0.05, 0.1) is 17.9 Å². The van der Waals surface area contributed by atoms with E-state index < -0.39 is 5.60 Å². The van der Waals surface area contributed by atoms with Crippen LogP contribution in [0.3, 0.4) is 0 Å². The smallest absolute Gasteiger partial charge is 0.256 e. The molecule has 1 atom stereocenters. The number of hydrogen-bond acceptors (Lipinski definition) is 4. The first-order valence-electron chi connectivity index (χ1n) is 7.67. The van der Waals surface area contributed by atoms with Crippen LogP contribution in [-0.2, 0) is 9.53 Å². The van der Waals surface area contributed by atoms with Gasteiger partial charge in [-0.2, -0.15) is 5.26 Å². The average molecular weight is 302 g/mol. The molecule has 0 bridgehead atoms. The molecule has 0 unspecified atom stereocenters. The summed E-state index contributed by atoms with van der Waals surface area (Å²) in [5, 5.41) is 12.1. The van der Waals surface area contributed by atoms with Crippen molar-refractivity contribution in [2.24, 2.45) is 5.92 Å². The van der Waals surface area contributed by atoms with Crippen LogP contribution >= 0.6 is 0 Å². The van der Waals surface area contributed by atoms with Crippen molar-refractivity contribution in [3.8, 4) is 11.8 Å². The van der Waals surface area contributed by atoms with Crippen molar-refractivity contribution in [2.75, 3.05) is 18.5 Å². The molecule has 1 aliphatic rings. The van der Waals surface area contributed by atoms with Crippen LogP contribution in [0.2, 0.25) is 0 Å². The Bertz CT molecular complexity index is 590. The van der Waals surface area contributed by atoms with Crippen LogP contribution in [-0.4, -0.2) is 24.7 Å². The third kappa shape index (κ3) is 3.40. The molecule has 0 radical (unpaired) electrons. The molecule has 118 valence electrons. The van der Waals surface area contributed by atoms with Gasteiger partial charge in [-0.3, -0.25) is 4.79 Å². The fourth-order valence-electron chi connectivity index (χ4n) is 2.53. The SMILES string of the molecule is CCOc1ccc(NC(=O)[C@@](C)(OCC)C2CC2)c(C#N)c1. The Hall–Kier alpha value is -2.06. The molecule has 1 N–H and O–H groups in total. The molecule has 1 amide bonds. The number of nitrogens with zero attached hydrogens (tertiary/aromatic N) is 1. The number of ether oxygens (including phenoxy) is 2. The standard InChI is InChI=1S/C17H22N2O3/c1-4-21-14-8-9-15(12(10-14)11-18)19-16(20)17(3,22-5-2)13-6-7-13/h8-10,13H,4-7H2,1-3H3,(H,19,20)/t17-/m0/s1. The maximum absolute atomic E-state index is 12.6. The zero-order valence-corrected chi connectivity index (χ0v) is 13.3. The topological polar surface area (TPSA) is 71.3 Å². The third-order valence-electron chi connectivity index (χ3n) is 3.92. The molecule has 0 aromatic heterocycles. The van der Waals surface area contributed by atoms with E-state index >= 15 is 0 Å². The summed E-state index contributed by atoms with van der Waals surface area (Å²) in [5.41, 5.74) is 0.0385. The van der Waals surface area contributed by atoms with Crippen molar-refractivity contribution in [1.82, 2.24) is 0 Å². The Kier molecular flexibility index (Phi) is 5.04. The summed E-state index contributed by atoms with van der Waals surface area (Å²) in [5.74, 6) is 0.671. The molecule has 22 heavy (non-hydrogen) atoms. The number of hydrogen-bond donors (Lipinski definition) is 1. The van der Waals surface area contributed by atoms with Crippen LogP contribution in [0.1, 0.15) is 39.2 Å². The van der Waals surface area contributed by atoms with Crippen molar-refractivity contribution in [3.05, 3.63) is 23.8 Å². The number of rotatable bonds is 7. The van der Waals surface area contributed by atoms with Crippen molar-refractivity contribution in [2.45, 2.75) is 39.2 Å². The molecule has 1 aromatic rings. The fraction of sp³-hybridized carbons (Fsp3) is 0.529. The summed E-state index contributed by atoms with van der Waals surface area (Å²) >= 11 is 0. The Morgan fingerprint density at radius 1 is 1.41 bits per heavy atom. The van der Waals surface area contributed by atoms with Crippen molar-refractivity contribution in [1.29, 1.82) is 5.26 Å². The predicted molar refractivity (Wildman–Crippen MR) is 83.7 cm³/mol. The zero-order chi connectivity index (χ0) is 16.2. The third-order valence-corrected chi connectivity index (χ3v) is 3.92. The number of amides is 1. The van der Waals surface area contributed by atoms with E-state index in [9.17, 15) is 10.1 Å². The van der Waals surface area contributed by atoms with Gasteiger partial charge in [-0.15, -0.1) is 0 Å². The van der Waals surface area contributed by atoms with E-state index in [1.807, 2.05) is 20.8 Å². The van der Waals surface area contributed by atoms with Crippen molar-refractivity contribution in [3.63, 3.8) is 0 Å². The van der Waals surface area contributed by atoms with Gasteiger partial charge in [-0.05, 0) is 57.7 Å². The summed E-state index contributed by atoms with van der Waals surface area (Å²) in [6, 6.07) is 7.17. The van der Waals surface area contributed by atoms with Crippen LogP contribution in [0.15, 0.2) is 18.2 Å². The minimum Gasteiger partial charge on any atom is -0.494 e.